The van der Waals surface area contributed by atoms with E-state index >= 15 is 0 Å². The van der Waals surface area contributed by atoms with Crippen LogP contribution in [0.25, 0.3) is 11.0 Å². The molecule has 21 heavy (non-hydrogen) atoms. The van der Waals surface area contributed by atoms with Gasteiger partial charge in [-0.1, -0.05) is 0 Å². The summed E-state index contributed by atoms with van der Waals surface area (Å²) in [5, 5.41) is -0.431. The highest BCUT2D eigenvalue weighted by Crippen LogP contribution is 2.27. The normalized spacial score (nSPS) is 21.0. The minimum atomic E-state index is -3.06. The molecule has 0 radical (unpaired) electrons. The van der Waals surface area contributed by atoms with Crippen molar-refractivity contribution in [3.8, 4) is 5.75 Å². The summed E-state index contributed by atoms with van der Waals surface area (Å²) in [5.74, 6) is -0.146. The van der Waals surface area contributed by atoms with Crippen LogP contribution < -0.4 is 4.74 Å². The molecule has 8 heteroatoms. The Kier molecular flexibility index (Phi) is 3.53. The van der Waals surface area contributed by atoms with Crippen molar-refractivity contribution in [1.82, 2.24) is 9.55 Å². The lowest BCUT2D eigenvalue weighted by Crippen LogP contribution is -2.22. The second kappa shape index (κ2) is 5.10. The van der Waals surface area contributed by atoms with Crippen molar-refractivity contribution in [2.24, 2.45) is 0 Å². The minimum Gasteiger partial charge on any atom is -0.494 e. The van der Waals surface area contributed by atoms with Crippen molar-refractivity contribution in [2.75, 3.05) is 12.9 Å². The van der Waals surface area contributed by atoms with E-state index < -0.39 is 20.9 Å². The van der Waals surface area contributed by atoms with Crippen molar-refractivity contribution in [1.29, 1.82) is 0 Å². The number of hydrogen-bond acceptors (Lipinski definition) is 4. The van der Waals surface area contributed by atoms with Gasteiger partial charge in [0.1, 0.15) is 0 Å². The van der Waals surface area contributed by atoms with Crippen LogP contribution in [0.5, 0.6) is 5.75 Å². The molecule has 1 atom stereocenters. The van der Waals surface area contributed by atoms with Crippen LogP contribution in [0.15, 0.2) is 12.1 Å². The van der Waals surface area contributed by atoms with E-state index in [1.54, 1.807) is 10.6 Å². The highest BCUT2D eigenvalue weighted by atomic mass is 32.2. The molecule has 0 bridgehead atoms. The molecular weight excluding hydrogens is 315 g/mol. The third-order valence-electron chi connectivity index (χ3n) is 3.90. The van der Waals surface area contributed by atoms with Crippen LogP contribution >= 0.6 is 12.2 Å². The van der Waals surface area contributed by atoms with E-state index in [-0.39, 0.29) is 18.0 Å². The van der Waals surface area contributed by atoms with Crippen LogP contribution in [-0.4, -0.2) is 36.1 Å². The van der Waals surface area contributed by atoms with Gasteiger partial charge in [0.25, 0.3) is 0 Å². The number of H-pyrrole nitrogens is 1. The Morgan fingerprint density at radius 2 is 2.29 bits per heavy atom. The van der Waals surface area contributed by atoms with Gasteiger partial charge in [-0.3, -0.25) is 0 Å². The van der Waals surface area contributed by atoms with E-state index in [0.717, 1.165) is 0 Å². The van der Waals surface area contributed by atoms with Crippen LogP contribution in [0.3, 0.4) is 0 Å². The molecule has 2 aromatic rings. The van der Waals surface area contributed by atoms with Crippen molar-refractivity contribution in [3.05, 3.63) is 22.7 Å². The summed E-state index contributed by atoms with van der Waals surface area (Å²) in [7, 11) is -1.67. The summed E-state index contributed by atoms with van der Waals surface area (Å²) >= 11 is 5.23. The number of aromatic nitrogens is 2. The third-order valence-corrected chi connectivity index (χ3v) is 6.48. The number of benzene rings is 1. The Hall–Kier alpha value is -1.41. The molecule has 3 rings (SSSR count). The smallest absolute Gasteiger partial charge is 0.178 e. The number of rotatable bonds is 3. The third kappa shape index (κ3) is 2.46. The van der Waals surface area contributed by atoms with Crippen LogP contribution in [0.1, 0.15) is 12.8 Å². The summed E-state index contributed by atoms with van der Waals surface area (Å²) in [6.07, 6.45) is 1.32. The molecule has 1 saturated heterocycles. The van der Waals surface area contributed by atoms with Crippen LogP contribution in [0.4, 0.5) is 4.39 Å². The van der Waals surface area contributed by atoms with Gasteiger partial charge in [-0.25, -0.2) is 12.8 Å². The second-order valence-corrected chi connectivity index (χ2v) is 7.96. The zero-order valence-electron chi connectivity index (χ0n) is 11.4. The molecule has 0 spiro atoms. The number of sulfone groups is 1. The number of imidazole rings is 1. The first-order valence-corrected chi connectivity index (χ1v) is 8.72. The minimum absolute atomic E-state index is 0.111. The predicted molar refractivity (Wildman–Crippen MR) is 80.4 cm³/mol. The van der Waals surface area contributed by atoms with Gasteiger partial charge in [-0.2, -0.15) is 0 Å². The van der Waals surface area contributed by atoms with E-state index in [2.05, 4.69) is 4.98 Å². The van der Waals surface area contributed by atoms with Gasteiger partial charge in [-0.05, 0) is 25.1 Å². The van der Waals surface area contributed by atoms with Gasteiger partial charge in [-0.15, -0.1) is 0 Å². The van der Waals surface area contributed by atoms with E-state index in [1.165, 1.54) is 13.2 Å². The molecule has 0 saturated carbocycles. The van der Waals surface area contributed by atoms with E-state index in [1.807, 2.05) is 0 Å². The molecule has 1 aliphatic rings. The number of ether oxygens (including phenoxy) is 1. The summed E-state index contributed by atoms with van der Waals surface area (Å²) in [4.78, 5) is 2.91. The lowest BCUT2D eigenvalue weighted by atomic mass is 10.2. The zero-order chi connectivity index (χ0) is 15.2. The van der Waals surface area contributed by atoms with E-state index in [9.17, 15) is 12.8 Å². The van der Waals surface area contributed by atoms with Crippen LogP contribution in [0, 0.1) is 10.6 Å². The molecular formula is C13H15FN2O3S2. The van der Waals surface area contributed by atoms with Gasteiger partial charge in [0.15, 0.2) is 26.2 Å². The Labute approximate surface area is 126 Å². The Balaban J connectivity index is 2.10. The Morgan fingerprint density at radius 1 is 1.52 bits per heavy atom. The number of nitrogens with zero attached hydrogens (tertiary/aromatic N) is 1. The van der Waals surface area contributed by atoms with E-state index in [0.29, 0.717) is 28.6 Å². The van der Waals surface area contributed by atoms with Crippen molar-refractivity contribution >= 4 is 33.1 Å². The van der Waals surface area contributed by atoms with Gasteiger partial charge in [0, 0.05) is 18.7 Å². The largest absolute Gasteiger partial charge is 0.494 e. The number of nitrogens with one attached hydrogen (secondary N) is 1. The van der Waals surface area contributed by atoms with Crippen LogP contribution in [-0.2, 0) is 16.4 Å². The molecule has 0 amide bonds. The van der Waals surface area contributed by atoms with Crippen molar-refractivity contribution in [3.63, 3.8) is 0 Å². The fourth-order valence-corrected chi connectivity index (χ4v) is 4.85. The lowest BCUT2D eigenvalue weighted by molar-refractivity contribution is 0.387. The first kappa shape index (κ1) is 14.5. The zero-order valence-corrected chi connectivity index (χ0v) is 13.1. The molecule has 2 heterocycles. The second-order valence-electron chi connectivity index (χ2n) is 5.18. The highest BCUT2D eigenvalue weighted by Gasteiger charge is 2.32. The average Bonchev–Trinajstić information content (AvgIpc) is 2.90. The maximum Gasteiger partial charge on any atom is 0.178 e. The van der Waals surface area contributed by atoms with Gasteiger partial charge >= 0.3 is 0 Å². The summed E-state index contributed by atoms with van der Waals surface area (Å²) in [6, 6.07) is 2.85. The molecule has 5 nitrogen and oxygen atoms in total. The molecule has 1 N–H and O–H groups in total. The van der Waals surface area contributed by atoms with E-state index in [4.69, 9.17) is 17.0 Å². The number of hydrogen-bond donors (Lipinski definition) is 1. The maximum absolute atomic E-state index is 13.7. The number of aromatic amines is 1. The van der Waals surface area contributed by atoms with Crippen molar-refractivity contribution in [2.45, 2.75) is 24.6 Å². The summed E-state index contributed by atoms with van der Waals surface area (Å²) < 4.78 is 44.7. The average molecular weight is 330 g/mol. The fourth-order valence-electron chi connectivity index (χ4n) is 2.76. The topological polar surface area (TPSA) is 64.1 Å². The molecule has 1 aromatic carbocycles. The van der Waals surface area contributed by atoms with Gasteiger partial charge in [0.05, 0.1) is 29.1 Å². The number of methoxy groups -OCH3 is 1. The molecule has 1 aromatic heterocycles. The molecule has 1 aliphatic heterocycles. The lowest BCUT2D eigenvalue weighted by Gasteiger charge is -2.11. The van der Waals surface area contributed by atoms with Gasteiger partial charge in [0.2, 0.25) is 0 Å². The first-order chi connectivity index (χ1) is 9.92. The monoisotopic (exact) mass is 330 g/mol. The maximum atomic E-state index is 13.7. The molecule has 1 fully saturated rings. The quantitative estimate of drug-likeness (QED) is 0.878. The number of fused-ring (bicyclic) bond motifs is 1. The van der Waals surface area contributed by atoms with Gasteiger partial charge < -0.3 is 14.3 Å². The number of halogens is 1. The summed E-state index contributed by atoms with van der Waals surface area (Å²) in [5.41, 5.74) is 1.19. The first-order valence-electron chi connectivity index (χ1n) is 6.60. The SMILES string of the molecule is COc1cc2c(cc1F)[nH]c(=S)n2CC1CCCS1(=O)=O. The Bertz CT molecular complexity index is 854. The Morgan fingerprint density at radius 3 is 2.90 bits per heavy atom. The fraction of sp³-hybridized carbons (Fsp3) is 0.462. The standard InChI is InChI=1S/C13H15FN2O3S2/c1-19-12-6-11-10(5-9(12)14)15-13(20)16(11)7-8-3-2-4-21(8,17)18/h5-6,8H,2-4,7H2,1H3,(H,15,20). The summed E-state index contributed by atoms with van der Waals surface area (Å²) in [6.45, 7) is 0.288. The highest BCUT2D eigenvalue weighted by molar-refractivity contribution is 7.92. The molecule has 0 aliphatic carbocycles. The van der Waals surface area contributed by atoms with Crippen LogP contribution in [0.2, 0.25) is 0 Å². The predicted octanol–water partition coefficient (Wildman–Crippen LogP) is 2.42. The molecule has 114 valence electrons. The van der Waals surface area contributed by atoms with Crippen molar-refractivity contribution < 1.29 is 17.5 Å². The molecule has 1 unspecified atom stereocenters.